The van der Waals surface area contributed by atoms with Gasteiger partial charge in [-0.25, -0.2) is 4.98 Å². The lowest BCUT2D eigenvalue weighted by Crippen LogP contribution is -2.23. The van der Waals surface area contributed by atoms with Crippen LogP contribution in [0.25, 0.3) is 0 Å². The van der Waals surface area contributed by atoms with Crippen LogP contribution in [0.5, 0.6) is 0 Å². The molecule has 0 bridgehead atoms. The first kappa shape index (κ1) is 13.2. The number of rotatable bonds is 5. The zero-order valence-corrected chi connectivity index (χ0v) is 11.7. The molecule has 0 radical (unpaired) electrons. The van der Waals surface area contributed by atoms with Crippen LogP contribution in [-0.4, -0.2) is 37.2 Å². The highest BCUT2D eigenvalue weighted by Gasteiger charge is 2.08. The molecule has 0 saturated carbocycles. The van der Waals surface area contributed by atoms with E-state index in [-0.39, 0.29) is 0 Å². The molecule has 0 fully saturated rings. The van der Waals surface area contributed by atoms with Crippen molar-refractivity contribution in [3.63, 3.8) is 0 Å². The summed E-state index contributed by atoms with van der Waals surface area (Å²) in [5.41, 5.74) is 1.08. The fraction of sp³-hybridized carbons (Fsp3) is 0.500. The topological polar surface area (TPSA) is 25.4 Å². The molecule has 0 amide bonds. The van der Waals surface area contributed by atoms with Gasteiger partial charge in [-0.15, -0.1) is 0 Å². The van der Waals surface area contributed by atoms with E-state index in [1.807, 2.05) is 13.1 Å². The standard InChI is InChI=1S/C10H14ClIN2O/c1-14(5-6-15-2)7-8-9(12)3-4-13-10(8)11/h3-4H,5-7H2,1-2H3. The Morgan fingerprint density at radius 1 is 1.60 bits per heavy atom. The van der Waals surface area contributed by atoms with Crippen molar-refractivity contribution in [2.45, 2.75) is 6.54 Å². The Balaban J connectivity index is 2.63. The molecule has 0 aliphatic heterocycles. The van der Waals surface area contributed by atoms with Crippen molar-refractivity contribution in [2.75, 3.05) is 27.3 Å². The van der Waals surface area contributed by atoms with Crippen molar-refractivity contribution in [3.8, 4) is 0 Å². The maximum Gasteiger partial charge on any atom is 0.134 e. The highest BCUT2D eigenvalue weighted by molar-refractivity contribution is 14.1. The first-order valence-electron chi connectivity index (χ1n) is 4.61. The van der Waals surface area contributed by atoms with Crippen LogP contribution >= 0.6 is 34.2 Å². The average Bonchev–Trinajstić information content (AvgIpc) is 2.21. The summed E-state index contributed by atoms with van der Waals surface area (Å²) in [6.45, 7) is 2.41. The van der Waals surface area contributed by atoms with Crippen molar-refractivity contribution >= 4 is 34.2 Å². The summed E-state index contributed by atoms with van der Waals surface area (Å²) >= 11 is 8.31. The van der Waals surface area contributed by atoms with Gasteiger partial charge in [0.2, 0.25) is 0 Å². The van der Waals surface area contributed by atoms with Gasteiger partial charge in [-0.1, -0.05) is 11.6 Å². The largest absolute Gasteiger partial charge is 0.383 e. The first-order valence-corrected chi connectivity index (χ1v) is 6.07. The summed E-state index contributed by atoms with van der Waals surface area (Å²) in [5.74, 6) is 0. The molecular formula is C10H14ClIN2O. The predicted molar refractivity (Wildman–Crippen MR) is 70.2 cm³/mol. The Morgan fingerprint density at radius 3 is 2.93 bits per heavy atom. The van der Waals surface area contributed by atoms with E-state index >= 15 is 0 Å². The van der Waals surface area contributed by atoms with Crippen LogP contribution in [0.15, 0.2) is 12.3 Å². The Morgan fingerprint density at radius 2 is 2.33 bits per heavy atom. The van der Waals surface area contributed by atoms with Crippen LogP contribution < -0.4 is 0 Å². The highest BCUT2D eigenvalue weighted by Crippen LogP contribution is 2.20. The third-order valence-electron chi connectivity index (χ3n) is 2.05. The average molecular weight is 341 g/mol. The summed E-state index contributed by atoms with van der Waals surface area (Å²) in [5, 5.41) is 0.589. The number of methoxy groups -OCH3 is 1. The second kappa shape index (κ2) is 6.62. The summed E-state index contributed by atoms with van der Waals surface area (Å²) in [6, 6.07) is 1.96. The molecule has 1 heterocycles. The van der Waals surface area contributed by atoms with Crippen LogP contribution in [0.1, 0.15) is 5.56 Å². The van der Waals surface area contributed by atoms with Gasteiger partial charge in [-0.2, -0.15) is 0 Å². The molecule has 0 N–H and O–H groups in total. The monoisotopic (exact) mass is 340 g/mol. The number of aromatic nitrogens is 1. The van der Waals surface area contributed by atoms with E-state index < -0.39 is 0 Å². The van der Waals surface area contributed by atoms with Crippen LogP contribution in [0.2, 0.25) is 5.15 Å². The number of nitrogens with zero attached hydrogens (tertiary/aromatic N) is 2. The predicted octanol–water partition coefficient (Wildman–Crippen LogP) is 2.42. The first-order chi connectivity index (χ1) is 7.15. The molecule has 0 aliphatic carbocycles. The molecule has 1 aromatic rings. The Bertz CT molecular complexity index is 302. The van der Waals surface area contributed by atoms with Gasteiger partial charge in [0.15, 0.2) is 0 Å². The summed E-state index contributed by atoms with van der Waals surface area (Å²) in [7, 11) is 3.74. The maximum atomic E-state index is 6.03. The summed E-state index contributed by atoms with van der Waals surface area (Å²) in [6.07, 6.45) is 1.72. The van der Waals surface area contributed by atoms with E-state index in [4.69, 9.17) is 16.3 Å². The van der Waals surface area contributed by atoms with E-state index in [1.165, 1.54) is 0 Å². The molecule has 0 aromatic carbocycles. The molecule has 1 rings (SSSR count). The number of hydrogen-bond donors (Lipinski definition) is 0. The van der Waals surface area contributed by atoms with E-state index in [1.54, 1.807) is 13.3 Å². The van der Waals surface area contributed by atoms with Crippen LogP contribution in [0.4, 0.5) is 0 Å². The van der Waals surface area contributed by atoms with Gasteiger partial charge < -0.3 is 4.74 Å². The van der Waals surface area contributed by atoms with Gasteiger partial charge >= 0.3 is 0 Å². The fourth-order valence-electron chi connectivity index (χ4n) is 1.18. The highest BCUT2D eigenvalue weighted by atomic mass is 127. The SMILES string of the molecule is COCCN(C)Cc1c(I)ccnc1Cl. The molecule has 84 valence electrons. The van der Waals surface area contributed by atoms with Crippen molar-refractivity contribution in [2.24, 2.45) is 0 Å². The molecule has 0 spiro atoms. The molecule has 0 aliphatic rings. The van der Waals surface area contributed by atoms with E-state index in [0.29, 0.717) is 5.15 Å². The molecule has 3 nitrogen and oxygen atoms in total. The minimum atomic E-state index is 0.589. The summed E-state index contributed by atoms with van der Waals surface area (Å²) in [4.78, 5) is 6.24. The summed E-state index contributed by atoms with van der Waals surface area (Å²) < 4.78 is 6.17. The van der Waals surface area contributed by atoms with Crippen LogP contribution in [-0.2, 0) is 11.3 Å². The number of hydrogen-bond acceptors (Lipinski definition) is 3. The van der Waals surface area contributed by atoms with Crippen LogP contribution in [0.3, 0.4) is 0 Å². The van der Waals surface area contributed by atoms with Crippen LogP contribution in [0, 0.1) is 3.57 Å². The molecule has 0 atom stereocenters. The molecule has 1 aromatic heterocycles. The molecule has 15 heavy (non-hydrogen) atoms. The van der Waals surface area contributed by atoms with E-state index in [0.717, 1.165) is 28.8 Å². The van der Waals surface area contributed by atoms with E-state index in [9.17, 15) is 0 Å². The lowest BCUT2D eigenvalue weighted by Gasteiger charge is -2.17. The third kappa shape index (κ3) is 4.22. The van der Waals surface area contributed by atoms with E-state index in [2.05, 4.69) is 32.5 Å². The Labute approximate surface area is 109 Å². The lowest BCUT2D eigenvalue weighted by atomic mass is 10.2. The van der Waals surface area contributed by atoms with Crippen molar-refractivity contribution in [1.82, 2.24) is 9.88 Å². The van der Waals surface area contributed by atoms with Crippen molar-refractivity contribution < 1.29 is 4.74 Å². The molecule has 5 heteroatoms. The lowest BCUT2D eigenvalue weighted by molar-refractivity contribution is 0.158. The number of ether oxygens (including phenoxy) is 1. The van der Waals surface area contributed by atoms with Gasteiger partial charge in [0, 0.05) is 35.5 Å². The molecule has 0 saturated heterocycles. The van der Waals surface area contributed by atoms with Crippen molar-refractivity contribution in [3.05, 3.63) is 26.5 Å². The second-order valence-electron chi connectivity index (χ2n) is 3.29. The zero-order valence-electron chi connectivity index (χ0n) is 8.83. The minimum absolute atomic E-state index is 0.589. The maximum absolute atomic E-state index is 6.03. The normalized spacial score (nSPS) is 11.0. The Kier molecular flexibility index (Phi) is 5.81. The Hall–Kier alpha value is 0.0900. The zero-order chi connectivity index (χ0) is 11.3. The van der Waals surface area contributed by atoms with Gasteiger partial charge in [-0.05, 0) is 35.7 Å². The molecule has 0 unspecified atom stereocenters. The second-order valence-corrected chi connectivity index (χ2v) is 4.81. The number of pyridine rings is 1. The fourth-order valence-corrected chi connectivity index (χ4v) is 2.15. The number of halogens is 2. The minimum Gasteiger partial charge on any atom is -0.383 e. The smallest absolute Gasteiger partial charge is 0.134 e. The van der Waals surface area contributed by atoms with Gasteiger partial charge in [0.05, 0.1) is 6.61 Å². The van der Waals surface area contributed by atoms with Gasteiger partial charge in [0.1, 0.15) is 5.15 Å². The quantitative estimate of drug-likeness (QED) is 0.608. The van der Waals surface area contributed by atoms with Gasteiger partial charge in [-0.3, -0.25) is 4.90 Å². The third-order valence-corrected chi connectivity index (χ3v) is 3.39. The van der Waals surface area contributed by atoms with Gasteiger partial charge in [0.25, 0.3) is 0 Å². The number of likely N-dealkylation sites (N-methyl/N-ethyl adjacent to an activating group) is 1. The molecular weight excluding hydrogens is 326 g/mol. The van der Waals surface area contributed by atoms with Crippen molar-refractivity contribution in [1.29, 1.82) is 0 Å².